The van der Waals surface area contributed by atoms with Crippen LogP contribution in [0.1, 0.15) is 38.7 Å². The minimum Gasteiger partial charge on any atom is -0.497 e. The summed E-state index contributed by atoms with van der Waals surface area (Å²) in [4.78, 5) is 36.3. The molecule has 0 saturated heterocycles. The van der Waals surface area contributed by atoms with Gasteiger partial charge in [0.1, 0.15) is 11.5 Å². The number of benzene rings is 2. The van der Waals surface area contributed by atoms with Gasteiger partial charge in [-0.05, 0) is 50.6 Å². The Kier molecular flexibility index (Phi) is 6.45. The van der Waals surface area contributed by atoms with Crippen molar-refractivity contribution >= 4 is 22.9 Å². The molecule has 2 N–H and O–H groups in total. The Morgan fingerprint density at radius 1 is 1.19 bits per heavy atom. The van der Waals surface area contributed by atoms with Crippen LogP contribution in [0.3, 0.4) is 0 Å². The van der Waals surface area contributed by atoms with Crippen molar-refractivity contribution in [2.45, 2.75) is 38.7 Å². The van der Waals surface area contributed by atoms with Crippen molar-refractivity contribution in [3.05, 3.63) is 75.5 Å². The highest BCUT2D eigenvalue weighted by Crippen LogP contribution is 2.48. The molecule has 1 aliphatic carbocycles. The van der Waals surface area contributed by atoms with Gasteiger partial charge in [-0.15, -0.1) is 0 Å². The van der Waals surface area contributed by atoms with E-state index in [2.05, 4.69) is 5.32 Å². The Labute approximate surface area is 186 Å². The average molecular weight is 438 g/mol. The van der Waals surface area contributed by atoms with Crippen LogP contribution in [0.5, 0.6) is 5.75 Å². The fraction of sp³-hybridized carbons (Fsp3) is 0.333. The van der Waals surface area contributed by atoms with Crippen molar-refractivity contribution in [1.82, 2.24) is 0 Å². The van der Waals surface area contributed by atoms with E-state index in [1.54, 1.807) is 44.4 Å². The number of carbonyl (C=O) groups is 2. The van der Waals surface area contributed by atoms with Gasteiger partial charge >= 0.3 is 0 Å². The number of hydrogen-bond acceptors (Lipinski definition) is 7. The summed E-state index contributed by atoms with van der Waals surface area (Å²) < 4.78 is 5.17. The number of nitro groups is 1. The van der Waals surface area contributed by atoms with Crippen LogP contribution in [-0.2, 0) is 9.59 Å². The zero-order valence-electron chi connectivity index (χ0n) is 18.4. The molecule has 0 saturated carbocycles. The lowest BCUT2D eigenvalue weighted by atomic mass is 9.64. The fourth-order valence-corrected chi connectivity index (χ4v) is 4.53. The summed E-state index contributed by atoms with van der Waals surface area (Å²) in [6, 6.07) is 12.9. The molecule has 32 heavy (non-hydrogen) atoms. The molecule has 0 amide bonds. The topological polar surface area (TPSA) is 119 Å². The first-order valence-electron chi connectivity index (χ1n) is 10.2. The van der Waals surface area contributed by atoms with Crippen molar-refractivity contribution in [3.63, 3.8) is 0 Å². The fourth-order valence-electron chi connectivity index (χ4n) is 4.53. The number of carbonyl (C=O) groups excluding carboxylic acids is 2. The number of ketones is 2. The highest BCUT2D eigenvalue weighted by molar-refractivity contribution is 5.98. The zero-order valence-corrected chi connectivity index (χ0v) is 18.4. The van der Waals surface area contributed by atoms with E-state index < -0.39 is 22.4 Å². The van der Waals surface area contributed by atoms with E-state index in [0.717, 1.165) is 0 Å². The van der Waals surface area contributed by atoms with Crippen LogP contribution >= 0.6 is 0 Å². The van der Waals surface area contributed by atoms with Crippen molar-refractivity contribution < 1.29 is 24.4 Å². The van der Waals surface area contributed by atoms with E-state index in [9.17, 15) is 24.8 Å². The Bertz CT molecular complexity index is 1090. The van der Waals surface area contributed by atoms with Gasteiger partial charge < -0.3 is 15.2 Å². The number of ether oxygens (including phenoxy) is 1. The Morgan fingerprint density at radius 3 is 2.38 bits per heavy atom. The Hall–Kier alpha value is -3.52. The van der Waals surface area contributed by atoms with Crippen LogP contribution in [0.25, 0.3) is 0 Å². The highest BCUT2D eigenvalue weighted by atomic mass is 16.6. The minimum atomic E-state index is -1.48. The number of non-ortho nitro benzene ring substituents is 1. The number of Topliss-reactive ketones (excluding diaryl/α,β-unsaturated/α-hetero) is 2. The summed E-state index contributed by atoms with van der Waals surface area (Å²) in [5, 5.41) is 25.8. The molecule has 168 valence electrons. The summed E-state index contributed by atoms with van der Waals surface area (Å²) >= 11 is 0. The number of allylic oxidation sites excluding steroid dienone is 1. The molecule has 0 unspecified atom stereocenters. The number of hydrogen-bond donors (Lipinski definition) is 2. The first-order valence-corrected chi connectivity index (χ1v) is 10.2. The Balaban J connectivity index is 2.20. The molecule has 2 aromatic rings. The van der Waals surface area contributed by atoms with E-state index in [0.29, 0.717) is 28.3 Å². The molecule has 0 bridgehead atoms. The molecule has 1 aliphatic rings. The molecule has 8 nitrogen and oxygen atoms in total. The zero-order chi connectivity index (χ0) is 23.6. The largest absolute Gasteiger partial charge is 0.497 e. The molecule has 0 fully saturated rings. The lowest BCUT2D eigenvalue weighted by molar-refractivity contribution is -0.384. The standard InChI is InChI=1S/C24H26N2O6/c1-14(27)21-20(25-17-8-10-19(32-4)11-9-17)13-24(3,29)23(15(2)28)22(21)16-6-5-7-18(12-16)26(30)31/h5-12,22-23,25,29H,13H2,1-4H3/t22-,23-,24+/m0/s1. The van der Waals surface area contributed by atoms with Crippen LogP contribution in [0, 0.1) is 16.0 Å². The number of nitrogens with zero attached hydrogens (tertiary/aromatic N) is 1. The maximum atomic E-state index is 12.8. The summed E-state index contributed by atoms with van der Waals surface area (Å²) in [5.74, 6) is -1.69. The van der Waals surface area contributed by atoms with Crippen molar-refractivity contribution in [3.8, 4) is 5.75 Å². The molecular formula is C24H26N2O6. The molecule has 0 radical (unpaired) electrons. The molecule has 0 heterocycles. The SMILES string of the molecule is COc1ccc(NC2=C(C(C)=O)[C@H](c3cccc([N+](=O)[O-])c3)[C@H](C(C)=O)[C@](C)(O)C2)cc1. The van der Waals surface area contributed by atoms with Gasteiger partial charge in [0.25, 0.3) is 5.69 Å². The van der Waals surface area contributed by atoms with Crippen LogP contribution in [0.2, 0.25) is 0 Å². The van der Waals surface area contributed by atoms with E-state index in [1.165, 1.54) is 32.0 Å². The maximum absolute atomic E-state index is 12.8. The number of nitro benzene ring substituents is 1. The van der Waals surface area contributed by atoms with Crippen LogP contribution < -0.4 is 10.1 Å². The molecular weight excluding hydrogens is 412 g/mol. The van der Waals surface area contributed by atoms with Gasteiger partial charge in [0.2, 0.25) is 0 Å². The summed E-state index contributed by atoms with van der Waals surface area (Å²) in [6.07, 6.45) is 0.0453. The van der Waals surface area contributed by atoms with Crippen molar-refractivity contribution in [2.75, 3.05) is 12.4 Å². The van der Waals surface area contributed by atoms with Crippen LogP contribution in [-0.4, -0.2) is 34.3 Å². The highest BCUT2D eigenvalue weighted by Gasteiger charge is 2.49. The summed E-state index contributed by atoms with van der Waals surface area (Å²) in [5.41, 5.74) is 0.278. The van der Waals surface area contributed by atoms with Gasteiger partial charge in [0.15, 0.2) is 5.78 Å². The number of rotatable bonds is 7. The van der Waals surface area contributed by atoms with Crippen LogP contribution in [0.15, 0.2) is 59.8 Å². The van der Waals surface area contributed by atoms with Gasteiger partial charge in [0.05, 0.1) is 23.6 Å². The normalized spacial score (nSPS) is 22.9. The number of methoxy groups -OCH3 is 1. The molecule has 2 aromatic carbocycles. The third kappa shape index (κ3) is 4.55. The molecule has 0 spiro atoms. The van der Waals surface area contributed by atoms with E-state index in [1.807, 2.05) is 0 Å². The lowest BCUT2D eigenvalue weighted by Crippen LogP contribution is -2.48. The predicted octanol–water partition coefficient (Wildman–Crippen LogP) is 4.00. The predicted molar refractivity (Wildman–Crippen MR) is 120 cm³/mol. The molecule has 3 atom stereocenters. The second-order valence-electron chi connectivity index (χ2n) is 8.25. The molecule has 0 aliphatic heterocycles. The first kappa shape index (κ1) is 23.1. The number of anilines is 1. The van der Waals surface area contributed by atoms with Crippen molar-refractivity contribution in [2.24, 2.45) is 5.92 Å². The summed E-state index contributed by atoms with van der Waals surface area (Å²) in [6.45, 7) is 4.31. The number of aliphatic hydroxyl groups is 1. The smallest absolute Gasteiger partial charge is 0.269 e. The maximum Gasteiger partial charge on any atom is 0.269 e. The third-order valence-electron chi connectivity index (χ3n) is 5.82. The van der Waals surface area contributed by atoms with Gasteiger partial charge in [0, 0.05) is 41.4 Å². The van der Waals surface area contributed by atoms with Gasteiger partial charge in [-0.1, -0.05) is 12.1 Å². The minimum absolute atomic E-state index is 0.0453. The first-order chi connectivity index (χ1) is 15.0. The average Bonchev–Trinajstić information content (AvgIpc) is 2.72. The van der Waals surface area contributed by atoms with Gasteiger partial charge in [-0.2, -0.15) is 0 Å². The monoisotopic (exact) mass is 438 g/mol. The molecule has 8 heteroatoms. The third-order valence-corrected chi connectivity index (χ3v) is 5.82. The Morgan fingerprint density at radius 2 is 1.84 bits per heavy atom. The second-order valence-corrected chi connectivity index (χ2v) is 8.25. The molecule has 0 aromatic heterocycles. The van der Waals surface area contributed by atoms with Gasteiger partial charge in [-0.3, -0.25) is 19.7 Å². The van der Waals surface area contributed by atoms with E-state index in [-0.39, 0.29) is 23.7 Å². The van der Waals surface area contributed by atoms with Crippen LogP contribution in [0.4, 0.5) is 11.4 Å². The second kappa shape index (κ2) is 8.92. The quantitative estimate of drug-likeness (QED) is 0.495. The lowest BCUT2D eigenvalue weighted by Gasteiger charge is -2.43. The van der Waals surface area contributed by atoms with Crippen molar-refractivity contribution in [1.29, 1.82) is 0 Å². The summed E-state index contributed by atoms with van der Waals surface area (Å²) in [7, 11) is 1.56. The van der Waals surface area contributed by atoms with E-state index in [4.69, 9.17) is 4.74 Å². The van der Waals surface area contributed by atoms with Gasteiger partial charge in [-0.25, -0.2) is 0 Å². The number of nitrogens with one attached hydrogen (secondary N) is 1. The van der Waals surface area contributed by atoms with E-state index >= 15 is 0 Å². The molecule has 3 rings (SSSR count).